The third kappa shape index (κ3) is 5.40. The first kappa shape index (κ1) is 18.1. The van der Waals surface area contributed by atoms with E-state index in [1.54, 1.807) is 6.07 Å². The van der Waals surface area contributed by atoms with Crippen molar-refractivity contribution < 1.29 is 18.0 Å². The lowest BCUT2D eigenvalue weighted by atomic mass is 9.99. The number of piperidine rings is 1. The van der Waals surface area contributed by atoms with E-state index in [1.165, 1.54) is 28.8 Å². The second kappa shape index (κ2) is 7.55. The lowest BCUT2D eigenvalue weighted by Gasteiger charge is -2.30. The molecule has 8 heteroatoms. The summed E-state index contributed by atoms with van der Waals surface area (Å²) in [6.45, 7) is 3.01. The molecule has 1 aromatic heterocycles. The summed E-state index contributed by atoms with van der Waals surface area (Å²) in [6, 6.07) is 1.75. The van der Waals surface area contributed by atoms with Gasteiger partial charge in [0, 0.05) is 19.6 Å². The molecule has 0 aromatic carbocycles. The van der Waals surface area contributed by atoms with Gasteiger partial charge in [0.2, 0.25) is 15.9 Å². The van der Waals surface area contributed by atoms with Gasteiger partial charge in [0.15, 0.2) is 5.78 Å². The zero-order valence-corrected chi connectivity index (χ0v) is 15.0. The largest absolute Gasteiger partial charge is 0.355 e. The van der Waals surface area contributed by atoms with Crippen LogP contribution in [-0.2, 0) is 21.2 Å². The second-order valence-electron chi connectivity index (χ2n) is 5.99. The molecule has 1 unspecified atom stereocenters. The summed E-state index contributed by atoms with van der Waals surface area (Å²) in [5.74, 6) is 0.0526. The van der Waals surface area contributed by atoms with Gasteiger partial charge in [-0.15, -0.1) is 11.3 Å². The highest BCUT2D eigenvalue weighted by Crippen LogP contribution is 2.18. The van der Waals surface area contributed by atoms with Crippen molar-refractivity contribution in [3.63, 3.8) is 0 Å². The highest BCUT2D eigenvalue weighted by molar-refractivity contribution is 7.88. The number of rotatable bonds is 6. The van der Waals surface area contributed by atoms with Crippen LogP contribution in [0, 0.1) is 5.92 Å². The molecule has 2 rings (SSSR count). The summed E-state index contributed by atoms with van der Waals surface area (Å²) < 4.78 is 24.6. The van der Waals surface area contributed by atoms with Gasteiger partial charge in [0.25, 0.3) is 0 Å². The van der Waals surface area contributed by atoms with Gasteiger partial charge in [0.1, 0.15) is 0 Å². The lowest BCUT2D eigenvalue weighted by Crippen LogP contribution is -2.43. The molecular weight excluding hydrogens is 336 g/mol. The number of thiophene rings is 1. The van der Waals surface area contributed by atoms with E-state index in [9.17, 15) is 18.0 Å². The van der Waals surface area contributed by atoms with Crippen LogP contribution in [0.25, 0.3) is 0 Å². The smallest absolute Gasteiger partial charge is 0.224 e. The second-order valence-corrected chi connectivity index (χ2v) is 8.88. The monoisotopic (exact) mass is 358 g/mol. The summed E-state index contributed by atoms with van der Waals surface area (Å²) in [6.07, 6.45) is 3.20. The van der Waals surface area contributed by atoms with E-state index in [2.05, 4.69) is 5.32 Å². The molecule has 1 aliphatic heterocycles. The standard InChI is InChI=1S/C15H22N2O4S2/c1-11(18)14-6-13(10-22-14)7-15(19)16-8-12-4-3-5-17(9-12)23(2,20)21/h6,10,12H,3-5,7-9H2,1-2H3,(H,16,19). The molecule has 1 N–H and O–H groups in total. The zero-order chi connectivity index (χ0) is 17.0. The van der Waals surface area contributed by atoms with Crippen LogP contribution in [0.3, 0.4) is 0 Å². The fourth-order valence-electron chi connectivity index (χ4n) is 2.65. The normalized spacial score (nSPS) is 19.5. The van der Waals surface area contributed by atoms with E-state index < -0.39 is 10.0 Å². The SMILES string of the molecule is CC(=O)c1cc(CC(=O)NCC2CCCN(S(C)(=O)=O)C2)cs1. The number of carbonyl (C=O) groups is 2. The molecule has 128 valence electrons. The van der Waals surface area contributed by atoms with Crippen LogP contribution < -0.4 is 5.32 Å². The van der Waals surface area contributed by atoms with Gasteiger partial charge in [0.05, 0.1) is 17.6 Å². The average molecular weight is 358 g/mol. The van der Waals surface area contributed by atoms with E-state index >= 15 is 0 Å². The molecule has 1 saturated heterocycles. The number of carbonyl (C=O) groups excluding carboxylic acids is 2. The van der Waals surface area contributed by atoms with Crippen molar-refractivity contribution >= 4 is 33.1 Å². The predicted octanol–water partition coefficient (Wildman–Crippen LogP) is 1.28. The molecule has 1 atom stereocenters. The fraction of sp³-hybridized carbons (Fsp3) is 0.600. The Morgan fingerprint density at radius 1 is 1.43 bits per heavy atom. The number of nitrogens with one attached hydrogen (secondary N) is 1. The van der Waals surface area contributed by atoms with Gasteiger partial charge in [-0.2, -0.15) is 0 Å². The summed E-state index contributed by atoms with van der Waals surface area (Å²) in [7, 11) is -3.16. The number of nitrogens with zero attached hydrogens (tertiary/aromatic N) is 1. The summed E-state index contributed by atoms with van der Waals surface area (Å²) in [4.78, 5) is 23.9. The summed E-state index contributed by atoms with van der Waals surface area (Å²) in [5, 5.41) is 4.69. The minimum Gasteiger partial charge on any atom is -0.355 e. The zero-order valence-electron chi connectivity index (χ0n) is 13.4. The van der Waals surface area contributed by atoms with Crippen molar-refractivity contribution in [1.29, 1.82) is 0 Å². The molecule has 0 bridgehead atoms. The maximum Gasteiger partial charge on any atom is 0.224 e. The van der Waals surface area contributed by atoms with Crippen molar-refractivity contribution in [2.75, 3.05) is 25.9 Å². The first-order valence-electron chi connectivity index (χ1n) is 7.56. The summed E-state index contributed by atoms with van der Waals surface area (Å²) >= 11 is 1.35. The Bertz CT molecular complexity index is 681. The molecule has 1 fully saturated rings. The van der Waals surface area contributed by atoms with E-state index in [4.69, 9.17) is 0 Å². The molecule has 2 heterocycles. The highest BCUT2D eigenvalue weighted by Gasteiger charge is 2.26. The first-order valence-corrected chi connectivity index (χ1v) is 10.3. The number of Topliss-reactive ketones (excluding diaryl/α,β-unsaturated/α-hetero) is 1. The van der Waals surface area contributed by atoms with Gasteiger partial charge in [-0.3, -0.25) is 9.59 Å². The van der Waals surface area contributed by atoms with Crippen molar-refractivity contribution in [2.45, 2.75) is 26.2 Å². The number of sulfonamides is 1. The molecule has 1 aromatic rings. The minimum absolute atomic E-state index is 0.00438. The Balaban J connectivity index is 1.80. The van der Waals surface area contributed by atoms with E-state index in [-0.39, 0.29) is 24.0 Å². The van der Waals surface area contributed by atoms with Crippen molar-refractivity contribution in [3.05, 3.63) is 21.9 Å². The average Bonchev–Trinajstić information content (AvgIpc) is 2.93. The van der Waals surface area contributed by atoms with Gasteiger partial charge < -0.3 is 5.32 Å². The molecule has 23 heavy (non-hydrogen) atoms. The van der Waals surface area contributed by atoms with Crippen LogP contribution in [0.2, 0.25) is 0 Å². The van der Waals surface area contributed by atoms with Crippen LogP contribution in [0.5, 0.6) is 0 Å². The summed E-state index contributed by atoms with van der Waals surface area (Å²) in [5.41, 5.74) is 0.833. The molecule has 0 saturated carbocycles. The molecule has 0 spiro atoms. The fourth-order valence-corrected chi connectivity index (χ4v) is 4.41. The van der Waals surface area contributed by atoms with Crippen LogP contribution >= 0.6 is 11.3 Å². The van der Waals surface area contributed by atoms with Crippen molar-refractivity contribution in [2.24, 2.45) is 5.92 Å². The van der Waals surface area contributed by atoms with E-state index in [0.717, 1.165) is 18.4 Å². The Morgan fingerprint density at radius 2 is 2.17 bits per heavy atom. The number of amides is 1. The van der Waals surface area contributed by atoms with Crippen LogP contribution in [0.4, 0.5) is 0 Å². The first-order chi connectivity index (χ1) is 10.8. The topological polar surface area (TPSA) is 83.6 Å². The third-order valence-corrected chi connectivity index (χ3v) is 6.25. The number of ketones is 1. The molecule has 6 nitrogen and oxygen atoms in total. The van der Waals surface area contributed by atoms with Crippen molar-refractivity contribution in [1.82, 2.24) is 9.62 Å². The Labute approximate surface area is 140 Å². The Kier molecular flexibility index (Phi) is 5.94. The maximum absolute atomic E-state index is 12.0. The van der Waals surface area contributed by atoms with E-state index in [0.29, 0.717) is 24.5 Å². The molecule has 0 aliphatic carbocycles. The lowest BCUT2D eigenvalue weighted by molar-refractivity contribution is -0.120. The number of hydrogen-bond acceptors (Lipinski definition) is 5. The maximum atomic E-state index is 12.0. The predicted molar refractivity (Wildman–Crippen MR) is 90.2 cm³/mol. The molecule has 0 radical (unpaired) electrons. The van der Waals surface area contributed by atoms with Gasteiger partial charge in [-0.1, -0.05) is 0 Å². The highest BCUT2D eigenvalue weighted by atomic mass is 32.2. The van der Waals surface area contributed by atoms with Crippen molar-refractivity contribution in [3.8, 4) is 0 Å². The van der Waals surface area contributed by atoms with Gasteiger partial charge in [-0.05, 0) is 42.7 Å². The van der Waals surface area contributed by atoms with Crippen LogP contribution in [0.15, 0.2) is 11.4 Å². The molecule has 1 aliphatic rings. The number of hydrogen-bond donors (Lipinski definition) is 1. The molecule has 1 amide bonds. The molecular formula is C15H22N2O4S2. The third-order valence-electron chi connectivity index (χ3n) is 3.90. The van der Waals surface area contributed by atoms with Crippen LogP contribution in [-0.4, -0.2) is 50.3 Å². The minimum atomic E-state index is -3.16. The quantitative estimate of drug-likeness (QED) is 0.777. The van der Waals surface area contributed by atoms with Gasteiger partial charge >= 0.3 is 0 Å². The van der Waals surface area contributed by atoms with E-state index in [1.807, 2.05) is 5.38 Å². The van der Waals surface area contributed by atoms with Gasteiger partial charge in [-0.25, -0.2) is 12.7 Å². The Hall–Kier alpha value is -1.25. The Morgan fingerprint density at radius 3 is 2.78 bits per heavy atom. The van der Waals surface area contributed by atoms with Crippen LogP contribution in [0.1, 0.15) is 35.0 Å².